The van der Waals surface area contributed by atoms with Gasteiger partial charge in [0.25, 0.3) is 0 Å². The molecule has 136 valence electrons. The lowest BCUT2D eigenvalue weighted by Gasteiger charge is -2.34. The van der Waals surface area contributed by atoms with Gasteiger partial charge in [-0.1, -0.05) is 0 Å². The Morgan fingerprint density at radius 2 is 1.88 bits per heavy atom. The number of hydrogen-bond acceptors (Lipinski definition) is 7. The summed E-state index contributed by atoms with van der Waals surface area (Å²) in [6, 6.07) is 5.61. The normalized spacial score (nSPS) is 15.5. The molecule has 0 saturated carbocycles. The Hall–Kier alpha value is -2.52. The fourth-order valence-corrected chi connectivity index (χ4v) is 3.45. The zero-order chi connectivity index (χ0) is 17.9. The molecule has 0 unspecified atom stereocenters. The van der Waals surface area contributed by atoms with E-state index in [0.29, 0.717) is 11.4 Å². The summed E-state index contributed by atoms with van der Waals surface area (Å²) >= 11 is 5.62. The molecule has 9 heteroatoms. The molecule has 8 nitrogen and oxygen atoms in total. The summed E-state index contributed by atoms with van der Waals surface area (Å²) in [5.74, 6) is 2.31. The minimum atomic E-state index is 0.670. The molecule has 0 atom stereocenters. The van der Waals surface area contributed by atoms with Crippen LogP contribution < -0.4 is 4.90 Å². The summed E-state index contributed by atoms with van der Waals surface area (Å²) in [4.78, 5) is 13.2. The second-order valence-electron chi connectivity index (χ2n) is 6.12. The Labute approximate surface area is 156 Å². The summed E-state index contributed by atoms with van der Waals surface area (Å²) in [7, 11) is 0. The van der Waals surface area contributed by atoms with Gasteiger partial charge in [0.2, 0.25) is 5.95 Å². The molecule has 0 aliphatic carbocycles. The van der Waals surface area contributed by atoms with E-state index in [1.807, 2.05) is 27.4 Å². The Balaban J connectivity index is 1.46. The summed E-state index contributed by atoms with van der Waals surface area (Å²) in [6.45, 7) is 7.09. The second kappa shape index (κ2) is 7.38. The number of anilines is 1. The lowest BCUT2D eigenvalue weighted by atomic mass is 10.3. The van der Waals surface area contributed by atoms with Crippen molar-refractivity contribution in [3.8, 4) is 11.6 Å². The van der Waals surface area contributed by atoms with E-state index in [-0.39, 0.29) is 0 Å². The molecule has 0 amide bonds. The Morgan fingerprint density at radius 3 is 2.54 bits per heavy atom. The van der Waals surface area contributed by atoms with E-state index in [2.05, 4.69) is 26.7 Å². The van der Waals surface area contributed by atoms with Crippen LogP contribution in [0.15, 0.2) is 41.3 Å². The van der Waals surface area contributed by atoms with Gasteiger partial charge in [-0.05, 0) is 37.3 Å². The van der Waals surface area contributed by atoms with Crippen LogP contribution in [0.5, 0.6) is 0 Å². The van der Waals surface area contributed by atoms with E-state index in [1.54, 1.807) is 18.7 Å². The highest BCUT2D eigenvalue weighted by molar-refractivity contribution is 7.71. The van der Waals surface area contributed by atoms with Crippen LogP contribution in [0, 0.1) is 4.77 Å². The van der Waals surface area contributed by atoms with Crippen LogP contribution in [0.25, 0.3) is 11.6 Å². The molecule has 4 heterocycles. The zero-order valence-electron chi connectivity index (χ0n) is 14.7. The third-order valence-corrected chi connectivity index (χ3v) is 4.95. The number of rotatable bonds is 5. The Bertz CT molecular complexity index is 895. The van der Waals surface area contributed by atoms with Gasteiger partial charge in [0.15, 0.2) is 16.4 Å². The number of furan rings is 1. The number of aromatic nitrogens is 5. The maximum atomic E-state index is 5.62. The average Bonchev–Trinajstić information content (AvgIpc) is 3.32. The maximum absolute atomic E-state index is 5.62. The SMILES string of the molecule is CCn1c(-c2ccco2)nn(CN2CCN(c3ncccn3)CC2)c1=S. The molecule has 1 saturated heterocycles. The molecule has 3 aromatic rings. The smallest absolute Gasteiger partial charge is 0.225 e. The minimum absolute atomic E-state index is 0.670. The first-order chi connectivity index (χ1) is 12.8. The topological polar surface area (TPSA) is 68.2 Å². The molecule has 1 aliphatic rings. The maximum Gasteiger partial charge on any atom is 0.225 e. The van der Waals surface area contributed by atoms with E-state index in [9.17, 15) is 0 Å². The predicted octanol–water partition coefficient (Wildman–Crippen LogP) is 2.26. The highest BCUT2D eigenvalue weighted by atomic mass is 32.1. The first-order valence-electron chi connectivity index (χ1n) is 8.72. The van der Waals surface area contributed by atoms with Gasteiger partial charge in [0.05, 0.1) is 12.9 Å². The van der Waals surface area contributed by atoms with Gasteiger partial charge in [0, 0.05) is 45.1 Å². The van der Waals surface area contributed by atoms with Crippen LogP contribution in [0.2, 0.25) is 0 Å². The first kappa shape index (κ1) is 16.9. The van der Waals surface area contributed by atoms with Gasteiger partial charge in [-0.3, -0.25) is 9.47 Å². The van der Waals surface area contributed by atoms with Crippen molar-refractivity contribution in [3.63, 3.8) is 0 Å². The molecule has 26 heavy (non-hydrogen) atoms. The fraction of sp³-hybridized carbons (Fsp3) is 0.412. The molecular formula is C17H21N7OS. The molecule has 1 fully saturated rings. The summed E-state index contributed by atoms with van der Waals surface area (Å²) in [5, 5.41) is 4.70. The van der Waals surface area contributed by atoms with Crippen LogP contribution in [-0.4, -0.2) is 55.4 Å². The highest BCUT2D eigenvalue weighted by Gasteiger charge is 2.21. The van der Waals surface area contributed by atoms with Gasteiger partial charge < -0.3 is 9.32 Å². The van der Waals surface area contributed by atoms with Gasteiger partial charge in [-0.15, -0.1) is 5.10 Å². The van der Waals surface area contributed by atoms with Crippen molar-refractivity contribution in [1.82, 2.24) is 29.2 Å². The van der Waals surface area contributed by atoms with Crippen molar-refractivity contribution in [2.75, 3.05) is 31.1 Å². The van der Waals surface area contributed by atoms with Gasteiger partial charge >= 0.3 is 0 Å². The van der Waals surface area contributed by atoms with Crippen molar-refractivity contribution >= 4 is 18.2 Å². The van der Waals surface area contributed by atoms with E-state index in [0.717, 1.165) is 50.3 Å². The number of piperazine rings is 1. The molecular weight excluding hydrogens is 350 g/mol. The van der Waals surface area contributed by atoms with Crippen molar-refractivity contribution < 1.29 is 4.42 Å². The van der Waals surface area contributed by atoms with Gasteiger partial charge in [0.1, 0.15) is 0 Å². The minimum Gasteiger partial charge on any atom is -0.461 e. The van der Waals surface area contributed by atoms with E-state index in [4.69, 9.17) is 21.7 Å². The van der Waals surface area contributed by atoms with Gasteiger partial charge in [-0.25, -0.2) is 14.6 Å². The number of hydrogen-bond donors (Lipinski definition) is 0. The van der Waals surface area contributed by atoms with Crippen LogP contribution in [-0.2, 0) is 13.2 Å². The third kappa shape index (κ3) is 3.27. The van der Waals surface area contributed by atoms with Crippen molar-refractivity contribution in [2.24, 2.45) is 0 Å². The Morgan fingerprint density at radius 1 is 1.12 bits per heavy atom. The molecule has 1 aliphatic heterocycles. The van der Waals surface area contributed by atoms with Gasteiger partial charge in [-0.2, -0.15) is 0 Å². The van der Waals surface area contributed by atoms with E-state index < -0.39 is 0 Å². The number of nitrogens with zero attached hydrogens (tertiary/aromatic N) is 7. The largest absolute Gasteiger partial charge is 0.461 e. The molecule has 3 aromatic heterocycles. The predicted molar refractivity (Wildman–Crippen MR) is 100 cm³/mol. The molecule has 0 N–H and O–H groups in total. The molecule has 0 bridgehead atoms. The summed E-state index contributed by atoms with van der Waals surface area (Å²) < 4.78 is 10.1. The monoisotopic (exact) mass is 371 g/mol. The standard InChI is InChI=1S/C17H21N7OS/c1-2-23-15(14-5-3-12-25-14)20-24(17(23)26)13-21-8-10-22(11-9-21)16-18-6-4-7-19-16/h3-7,12H,2,8-11,13H2,1H3. The van der Waals surface area contributed by atoms with Crippen molar-refractivity contribution in [3.05, 3.63) is 41.6 Å². The van der Waals surface area contributed by atoms with E-state index in [1.165, 1.54) is 0 Å². The third-order valence-electron chi connectivity index (χ3n) is 4.52. The molecule has 4 rings (SSSR count). The van der Waals surface area contributed by atoms with Crippen molar-refractivity contribution in [1.29, 1.82) is 0 Å². The van der Waals surface area contributed by atoms with Crippen LogP contribution in [0.1, 0.15) is 6.92 Å². The lowest BCUT2D eigenvalue weighted by Crippen LogP contribution is -2.47. The summed E-state index contributed by atoms with van der Waals surface area (Å²) in [5.41, 5.74) is 0. The quantitative estimate of drug-likeness (QED) is 0.637. The zero-order valence-corrected chi connectivity index (χ0v) is 15.5. The second-order valence-corrected chi connectivity index (χ2v) is 6.49. The molecule has 0 radical (unpaired) electrons. The fourth-order valence-electron chi connectivity index (χ4n) is 3.14. The van der Waals surface area contributed by atoms with Crippen molar-refractivity contribution in [2.45, 2.75) is 20.1 Å². The Kier molecular flexibility index (Phi) is 4.81. The van der Waals surface area contributed by atoms with Crippen LogP contribution in [0.4, 0.5) is 5.95 Å². The molecule has 0 spiro atoms. The highest BCUT2D eigenvalue weighted by Crippen LogP contribution is 2.19. The lowest BCUT2D eigenvalue weighted by molar-refractivity contribution is 0.193. The average molecular weight is 371 g/mol. The first-order valence-corrected chi connectivity index (χ1v) is 9.13. The molecule has 0 aromatic carbocycles. The van der Waals surface area contributed by atoms with E-state index >= 15 is 0 Å². The summed E-state index contributed by atoms with van der Waals surface area (Å²) in [6.07, 6.45) is 5.21. The van der Waals surface area contributed by atoms with Crippen LogP contribution >= 0.6 is 12.2 Å². The van der Waals surface area contributed by atoms with Crippen LogP contribution in [0.3, 0.4) is 0 Å².